The van der Waals surface area contributed by atoms with Crippen LogP contribution in [0, 0.1) is 13.8 Å². The fraction of sp³-hybridized carbons (Fsp3) is 0.200. The summed E-state index contributed by atoms with van der Waals surface area (Å²) in [6.07, 6.45) is 0.169. The van der Waals surface area contributed by atoms with Gasteiger partial charge in [0.1, 0.15) is 5.58 Å². The molecule has 0 spiro atoms. The molecule has 0 aliphatic carbocycles. The molecule has 5 nitrogen and oxygen atoms in total. The molecule has 2 aromatic carbocycles. The van der Waals surface area contributed by atoms with Crippen LogP contribution in [0.25, 0.3) is 11.0 Å². The average Bonchev–Trinajstić information content (AvgIpc) is 2.94. The first-order chi connectivity index (χ1) is 12.8. The molecule has 27 heavy (non-hydrogen) atoms. The Morgan fingerprint density at radius 1 is 1.04 bits per heavy atom. The van der Waals surface area contributed by atoms with Crippen LogP contribution in [0.3, 0.4) is 0 Å². The smallest absolute Gasteiger partial charge is 0.287 e. The Morgan fingerprint density at radius 2 is 1.74 bits per heavy atom. The molecular weight excluding hydrogens is 476 g/mol. The van der Waals surface area contributed by atoms with Crippen molar-refractivity contribution < 1.29 is 14.0 Å². The van der Waals surface area contributed by atoms with Gasteiger partial charge in [0.05, 0.1) is 0 Å². The van der Waals surface area contributed by atoms with Crippen LogP contribution >= 0.6 is 31.9 Å². The summed E-state index contributed by atoms with van der Waals surface area (Å²) in [6.45, 7) is 3.99. The summed E-state index contributed by atoms with van der Waals surface area (Å²) < 4.78 is 7.47. The summed E-state index contributed by atoms with van der Waals surface area (Å²) in [4.78, 5) is 24.5. The lowest BCUT2D eigenvalue weighted by atomic mass is 10.1. The van der Waals surface area contributed by atoms with Crippen LogP contribution in [-0.4, -0.2) is 18.4 Å². The number of carbonyl (C=O) groups excluding carboxylic acids is 2. The van der Waals surface area contributed by atoms with Gasteiger partial charge in [0.2, 0.25) is 5.91 Å². The first kappa shape index (κ1) is 19.6. The van der Waals surface area contributed by atoms with E-state index in [1.54, 1.807) is 0 Å². The third-order valence-corrected chi connectivity index (χ3v) is 5.20. The zero-order valence-corrected chi connectivity index (χ0v) is 18.0. The minimum Gasteiger partial charge on any atom is -0.451 e. The maximum absolute atomic E-state index is 12.4. The Balaban J connectivity index is 1.59. The van der Waals surface area contributed by atoms with Crippen molar-refractivity contribution >= 4 is 60.3 Å². The molecule has 140 valence electrons. The summed E-state index contributed by atoms with van der Waals surface area (Å²) in [5.74, 6) is -0.223. The van der Waals surface area contributed by atoms with E-state index in [9.17, 15) is 9.59 Å². The molecule has 2 amide bonds. The number of nitrogens with one attached hydrogen (secondary N) is 2. The highest BCUT2D eigenvalue weighted by atomic mass is 79.9. The number of aryl methyl sites for hydroxylation is 2. The van der Waals surface area contributed by atoms with Crippen LogP contribution in [0.15, 0.2) is 49.8 Å². The van der Waals surface area contributed by atoms with Gasteiger partial charge >= 0.3 is 0 Å². The molecule has 0 bridgehead atoms. The highest BCUT2D eigenvalue weighted by Crippen LogP contribution is 2.28. The predicted molar refractivity (Wildman–Crippen MR) is 113 cm³/mol. The quantitative estimate of drug-likeness (QED) is 0.504. The Bertz CT molecular complexity index is 1030. The van der Waals surface area contributed by atoms with Gasteiger partial charge in [-0.05, 0) is 49.7 Å². The topological polar surface area (TPSA) is 71.3 Å². The lowest BCUT2D eigenvalue weighted by Crippen LogP contribution is -2.27. The van der Waals surface area contributed by atoms with Gasteiger partial charge < -0.3 is 15.1 Å². The van der Waals surface area contributed by atoms with Crippen LogP contribution in [0.1, 0.15) is 28.1 Å². The second-order valence-electron chi connectivity index (χ2n) is 6.21. The van der Waals surface area contributed by atoms with E-state index in [4.69, 9.17) is 4.42 Å². The van der Waals surface area contributed by atoms with Crippen molar-refractivity contribution in [3.05, 3.63) is 62.2 Å². The molecule has 0 saturated heterocycles. The lowest BCUT2D eigenvalue weighted by Gasteiger charge is -2.09. The van der Waals surface area contributed by atoms with Gasteiger partial charge in [-0.15, -0.1) is 0 Å². The standard InChI is InChI=1S/C20H18Br2N2O3/c1-11-3-4-14(22)10-16(11)24-18(25)7-8-23-20(26)19-12(2)15-9-13(21)5-6-17(15)27-19/h3-6,9-10H,7-8H2,1-2H3,(H,23,26)(H,24,25). The first-order valence-electron chi connectivity index (χ1n) is 8.38. The van der Waals surface area contributed by atoms with E-state index in [-0.39, 0.29) is 30.5 Å². The van der Waals surface area contributed by atoms with E-state index in [2.05, 4.69) is 42.5 Å². The van der Waals surface area contributed by atoms with E-state index in [1.807, 2.05) is 50.2 Å². The average molecular weight is 494 g/mol. The molecule has 0 atom stereocenters. The fourth-order valence-electron chi connectivity index (χ4n) is 2.72. The first-order valence-corrected chi connectivity index (χ1v) is 9.96. The van der Waals surface area contributed by atoms with Crippen molar-refractivity contribution in [2.24, 2.45) is 0 Å². The Morgan fingerprint density at radius 3 is 2.52 bits per heavy atom. The summed E-state index contributed by atoms with van der Waals surface area (Å²) >= 11 is 6.81. The summed E-state index contributed by atoms with van der Waals surface area (Å²) in [6, 6.07) is 11.3. The molecule has 0 saturated carbocycles. The molecule has 7 heteroatoms. The van der Waals surface area contributed by atoms with Gasteiger partial charge in [-0.3, -0.25) is 9.59 Å². The molecular formula is C20H18Br2N2O3. The minimum atomic E-state index is -0.328. The molecule has 0 aliphatic heterocycles. The Kier molecular flexibility index (Phi) is 6.01. The molecule has 1 heterocycles. The number of fused-ring (bicyclic) bond motifs is 1. The van der Waals surface area contributed by atoms with Crippen LogP contribution in [0.5, 0.6) is 0 Å². The molecule has 3 aromatic rings. The monoisotopic (exact) mass is 492 g/mol. The van der Waals surface area contributed by atoms with Crippen LogP contribution in [-0.2, 0) is 4.79 Å². The second kappa shape index (κ2) is 8.27. The van der Waals surface area contributed by atoms with Crippen LogP contribution in [0.4, 0.5) is 5.69 Å². The molecule has 0 radical (unpaired) electrons. The maximum atomic E-state index is 12.4. The van der Waals surface area contributed by atoms with Gasteiger partial charge in [0.15, 0.2) is 5.76 Å². The number of anilines is 1. The molecule has 3 rings (SSSR count). The van der Waals surface area contributed by atoms with Crippen molar-refractivity contribution in [3.63, 3.8) is 0 Å². The normalized spacial score (nSPS) is 10.8. The number of furan rings is 1. The Labute approximate surface area is 173 Å². The molecule has 1 aromatic heterocycles. The van der Waals surface area contributed by atoms with E-state index in [0.29, 0.717) is 5.58 Å². The van der Waals surface area contributed by atoms with Crippen molar-refractivity contribution in [1.82, 2.24) is 5.32 Å². The third-order valence-electron chi connectivity index (χ3n) is 4.22. The maximum Gasteiger partial charge on any atom is 0.287 e. The number of hydrogen-bond donors (Lipinski definition) is 2. The molecule has 0 fully saturated rings. The molecule has 0 unspecified atom stereocenters. The van der Waals surface area contributed by atoms with Gasteiger partial charge in [-0.25, -0.2) is 0 Å². The number of benzene rings is 2. The van der Waals surface area contributed by atoms with Crippen LogP contribution in [0.2, 0.25) is 0 Å². The van der Waals surface area contributed by atoms with Crippen molar-refractivity contribution in [2.45, 2.75) is 20.3 Å². The van der Waals surface area contributed by atoms with Gasteiger partial charge in [0, 0.05) is 38.5 Å². The van der Waals surface area contributed by atoms with Crippen molar-refractivity contribution in [2.75, 3.05) is 11.9 Å². The van der Waals surface area contributed by atoms with Gasteiger partial charge in [0.25, 0.3) is 5.91 Å². The summed E-state index contributed by atoms with van der Waals surface area (Å²) in [5, 5.41) is 6.48. The number of amides is 2. The number of hydrogen-bond acceptors (Lipinski definition) is 3. The van der Waals surface area contributed by atoms with E-state index in [0.717, 1.165) is 31.1 Å². The van der Waals surface area contributed by atoms with Gasteiger partial charge in [-0.1, -0.05) is 37.9 Å². The van der Waals surface area contributed by atoms with Crippen molar-refractivity contribution in [1.29, 1.82) is 0 Å². The SMILES string of the molecule is Cc1ccc(Br)cc1NC(=O)CCNC(=O)c1oc2ccc(Br)cc2c1C. The minimum absolute atomic E-state index is 0.165. The largest absolute Gasteiger partial charge is 0.451 e. The second-order valence-corrected chi connectivity index (χ2v) is 8.04. The highest BCUT2D eigenvalue weighted by Gasteiger charge is 2.17. The summed E-state index contributed by atoms with van der Waals surface area (Å²) in [7, 11) is 0. The highest BCUT2D eigenvalue weighted by molar-refractivity contribution is 9.10. The fourth-order valence-corrected chi connectivity index (χ4v) is 3.44. The Hall–Kier alpha value is -2.12. The third kappa shape index (κ3) is 4.59. The van der Waals surface area contributed by atoms with Crippen molar-refractivity contribution in [3.8, 4) is 0 Å². The van der Waals surface area contributed by atoms with E-state index < -0.39 is 0 Å². The van der Waals surface area contributed by atoms with E-state index in [1.165, 1.54) is 0 Å². The number of carbonyl (C=O) groups is 2. The molecule has 0 aliphatic rings. The molecule has 2 N–H and O–H groups in total. The number of rotatable bonds is 5. The van der Waals surface area contributed by atoms with Crippen LogP contribution < -0.4 is 10.6 Å². The zero-order chi connectivity index (χ0) is 19.6. The number of halogens is 2. The van der Waals surface area contributed by atoms with Gasteiger partial charge in [-0.2, -0.15) is 0 Å². The summed E-state index contributed by atoms with van der Waals surface area (Å²) in [5.41, 5.74) is 3.15. The zero-order valence-electron chi connectivity index (χ0n) is 14.9. The lowest BCUT2D eigenvalue weighted by molar-refractivity contribution is -0.116. The van der Waals surface area contributed by atoms with E-state index >= 15 is 0 Å². The predicted octanol–water partition coefficient (Wildman–Crippen LogP) is 5.33.